The maximum absolute atomic E-state index is 14.6. The van der Waals surface area contributed by atoms with Crippen LogP contribution in [0.5, 0.6) is 0 Å². The van der Waals surface area contributed by atoms with Crippen LogP contribution in [-0.4, -0.2) is 34.3 Å². The molecule has 6 nitrogen and oxygen atoms in total. The molecule has 0 saturated carbocycles. The summed E-state index contributed by atoms with van der Waals surface area (Å²) in [5.74, 6) is -1.47. The van der Waals surface area contributed by atoms with Crippen LogP contribution in [0.25, 0.3) is 11.3 Å². The van der Waals surface area contributed by atoms with Crippen molar-refractivity contribution in [3.05, 3.63) is 59.8 Å². The molecule has 0 radical (unpaired) electrons. The Morgan fingerprint density at radius 3 is 2.65 bits per heavy atom. The topological polar surface area (TPSA) is 85.3 Å². The number of aromatic amines is 1. The van der Waals surface area contributed by atoms with Gasteiger partial charge in [0.1, 0.15) is 28.9 Å². The van der Waals surface area contributed by atoms with E-state index in [4.69, 9.17) is 5.11 Å². The standard InChI is InChI=1S/C18H15F2N5O/c19-12-7-10(21-5-6-26)8-13(20)16(12)18-23-14-4-2-1-3-11(14)17-15(24-18)9-22-25-17/h1-4,7-9,21,26H,5-6H2,(H,22,25)(H,23,24). The second-order valence-corrected chi connectivity index (χ2v) is 5.72. The molecule has 26 heavy (non-hydrogen) atoms. The van der Waals surface area contributed by atoms with Crippen LogP contribution < -0.4 is 10.6 Å². The third kappa shape index (κ3) is 2.80. The zero-order chi connectivity index (χ0) is 18.1. The minimum Gasteiger partial charge on any atom is -0.395 e. The second-order valence-electron chi connectivity index (χ2n) is 5.72. The molecule has 2 aromatic carbocycles. The maximum Gasteiger partial charge on any atom is 0.144 e. The predicted octanol–water partition coefficient (Wildman–Crippen LogP) is 3.26. The van der Waals surface area contributed by atoms with Crippen molar-refractivity contribution in [2.24, 2.45) is 4.99 Å². The molecule has 0 bridgehead atoms. The maximum atomic E-state index is 14.6. The average molecular weight is 355 g/mol. The minimum atomic E-state index is -0.763. The molecule has 1 aromatic heterocycles. The summed E-state index contributed by atoms with van der Waals surface area (Å²) in [5, 5.41) is 21.5. The van der Waals surface area contributed by atoms with Crippen molar-refractivity contribution in [3.63, 3.8) is 0 Å². The van der Waals surface area contributed by atoms with E-state index < -0.39 is 11.6 Å². The van der Waals surface area contributed by atoms with Crippen molar-refractivity contribution >= 4 is 22.9 Å². The highest BCUT2D eigenvalue weighted by atomic mass is 19.1. The molecule has 0 amide bonds. The van der Waals surface area contributed by atoms with Gasteiger partial charge in [-0.05, 0) is 18.2 Å². The van der Waals surface area contributed by atoms with Crippen molar-refractivity contribution in [2.75, 3.05) is 23.8 Å². The normalized spacial score (nSPS) is 12.5. The summed E-state index contributed by atoms with van der Waals surface area (Å²) >= 11 is 0. The fraction of sp³-hybridized carbons (Fsp3) is 0.111. The first-order valence-corrected chi connectivity index (χ1v) is 8.00. The van der Waals surface area contributed by atoms with E-state index in [-0.39, 0.29) is 30.2 Å². The van der Waals surface area contributed by atoms with Gasteiger partial charge in [-0.25, -0.2) is 13.8 Å². The second kappa shape index (κ2) is 6.57. The number of H-pyrrole nitrogens is 1. The molecule has 4 rings (SSSR count). The highest BCUT2D eigenvalue weighted by Crippen LogP contribution is 2.37. The van der Waals surface area contributed by atoms with E-state index in [1.807, 2.05) is 18.2 Å². The zero-order valence-electron chi connectivity index (χ0n) is 13.6. The molecule has 132 valence electrons. The molecule has 0 aliphatic carbocycles. The van der Waals surface area contributed by atoms with Crippen LogP contribution in [0.2, 0.25) is 0 Å². The number of para-hydroxylation sites is 1. The first-order valence-electron chi connectivity index (χ1n) is 8.00. The Balaban J connectivity index is 1.82. The Morgan fingerprint density at radius 2 is 1.88 bits per heavy atom. The number of aliphatic hydroxyl groups excluding tert-OH is 1. The summed E-state index contributed by atoms with van der Waals surface area (Å²) in [6.45, 7) is 0.0580. The van der Waals surface area contributed by atoms with Gasteiger partial charge in [-0.2, -0.15) is 5.10 Å². The number of aliphatic hydroxyl groups is 1. The number of hydrogen-bond acceptors (Lipinski definition) is 5. The Bertz CT molecular complexity index is 976. The lowest BCUT2D eigenvalue weighted by atomic mass is 10.1. The third-order valence-electron chi connectivity index (χ3n) is 4.01. The lowest BCUT2D eigenvalue weighted by Gasteiger charge is -2.13. The highest BCUT2D eigenvalue weighted by Gasteiger charge is 2.23. The number of amidine groups is 1. The van der Waals surface area contributed by atoms with Crippen molar-refractivity contribution in [3.8, 4) is 11.3 Å². The van der Waals surface area contributed by atoms with E-state index in [0.717, 1.165) is 5.56 Å². The summed E-state index contributed by atoms with van der Waals surface area (Å²) in [6, 6.07) is 9.66. The lowest BCUT2D eigenvalue weighted by molar-refractivity contribution is 0.311. The Labute approximate surface area is 147 Å². The van der Waals surface area contributed by atoms with E-state index in [0.29, 0.717) is 17.1 Å². The largest absolute Gasteiger partial charge is 0.395 e. The number of hydrogen-bond donors (Lipinski definition) is 4. The summed E-state index contributed by atoms with van der Waals surface area (Å²) in [5.41, 5.74) is 2.51. The monoisotopic (exact) mass is 355 g/mol. The number of benzene rings is 2. The number of halogens is 2. The smallest absolute Gasteiger partial charge is 0.144 e. The molecule has 8 heteroatoms. The van der Waals surface area contributed by atoms with Crippen LogP contribution in [-0.2, 0) is 0 Å². The summed E-state index contributed by atoms with van der Waals surface area (Å²) in [4.78, 5) is 4.37. The van der Waals surface area contributed by atoms with Crippen molar-refractivity contribution in [1.29, 1.82) is 0 Å². The van der Waals surface area contributed by atoms with Crippen LogP contribution in [0.3, 0.4) is 0 Å². The molecule has 0 spiro atoms. The van der Waals surface area contributed by atoms with Crippen molar-refractivity contribution in [1.82, 2.24) is 10.2 Å². The van der Waals surface area contributed by atoms with Gasteiger partial charge in [-0.15, -0.1) is 0 Å². The SMILES string of the molecule is OCCNc1cc(F)c(C2=Nc3c[nH]nc3-c3ccccc3N2)c(F)c1. The van der Waals surface area contributed by atoms with E-state index in [2.05, 4.69) is 25.8 Å². The fourth-order valence-corrected chi connectivity index (χ4v) is 2.86. The van der Waals surface area contributed by atoms with Crippen LogP contribution >= 0.6 is 0 Å². The highest BCUT2D eigenvalue weighted by molar-refractivity contribution is 6.13. The molecule has 4 N–H and O–H groups in total. The van der Waals surface area contributed by atoms with E-state index in [1.165, 1.54) is 12.1 Å². The summed E-state index contributed by atoms with van der Waals surface area (Å²) < 4.78 is 29.3. The Kier molecular flexibility index (Phi) is 4.10. The molecule has 0 unspecified atom stereocenters. The number of nitrogens with zero attached hydrogens (tertiary/aromatic N) is 2. The van der Waals surface area contributed by atoms with Crippen molar-refractivity contribution < 1.29 is 13.9 Å². The molecule has 0 atom stereocenters. The molecule has 2 heterocycles. The number of rotatable bonds is 4. The molecule has 1 aliphatic rings. The summed E-state index contributed by atoms with van der Waals surface area (Å²) in [6.07, 6.45) is 1.58. The molecular formula is C18H15F2N5O. The molecule has 3 aromatic rings. The molecular weight excluding hydrogens is 340 g/mol. The Morgan fingerprint density at radius 1 is 1.12 bits per heavy atom. The number of nitrogens with one attached hydrogen (secondary N) is 3. The van der Waals surface area contributed by atoms with Gasteiger partial charge in [-0.1, -0.05) is 18.2 Å². The van der Waals surface area contributed by atoms with Crippen LogP contribution in [0.15, 0.2) is 47.6 Å². The van der Waals surface area contributed by atoms with Gasteiger partial charge in [0.05, 0.1) is 12.2 Å². The van der Waals surface area contributed by atoms with Gasteiger partial charge >= 0.3 is 0 Å². The predicted molar refractivity (Wildman–Crippen MR) is 95.8 cm³/mol. The van der Waals surface area contributed by atoms with Gasteiger partial charge in [-0.3, -0.25) is 5.10 Å². The van der Waals surface area contributed by atoms with Crippen LogP contribution in [0.4, 0.5) is 25.8 Å². The van der Waals surface area contributed by atoms with E-state index in [1.54, 1.807) is 12.3 Å². The average Bonchev–Trinajstić information content (AvgIpc) is 3.02. The minimum absolute atomic E-state index is 0.0568. The zero-order valence-corrected chi connectivity index (χ0v) is 13.6. The quantitative estimate of drug-likeness (QED) is 0.579. The van der Waals surface area contributed by atoms with Crippen molar-refractivity contribution in [2.45, 2.75) is 0 Å². The van der Waals surface area contributed by atoms with Gasteiger partial charge in [0.15, 0.2) is 0 Å². The number of aromatic nitrogens is 2. The van der Waals surface area contributed by atoms with Gasteiger partial charge in [0.25, 0.3) is 0 Å². The molecule has 1 aliphatic heterocycles. The molecule has 0 saturated heterocycles. The fourth-order valence-electron chi connectivity index (χ4n) is 2.86. The number of aliphatic imine (C=N–C) groups is 1. The summed E-state index contributed by atoms with van der Waals surface area (Å²) in [7, 11) is 0. The van der Waals surface area contributed by atoms with Crippen LogP contribution in [0, 0.1) is 11.6 Å². The third-order valence-corrected chi connectivity index (χ3v) is 4.01. The number of fused-ring (bicyclic) bond motifs is 3. The first kappa shape index (κ1) is 16.2. The first-order chi connectivity index (χ1) is 12.7. The van der Waals surface area contributed by atoms with E-state index >= 15 is 0 Å². The van der Waals surface area contributed by atoms with Crippen LogP contribution in [0.1, 0.15) is 5.56 Å². The van der Waals surface area contributed by atoms with Gasteiger partial charge < -0.3 is 15.7 Å². The Hall–Kier alpha value is -3.26. The number of anilines is 2. The lowest BCUT2D eigenvalue weighted by Crippen LogP contribution is -2.17. The van der Waals surface area contributed by atoms with Gasteiger partial charge in [0, 0.05) is 29.7 Å². The molecule has 0 fully saturated rings. The van der Waals surface area contributed by atoms with Gasteiger partial charge in [0.2, 0.25) is 0 Å². The van der Waals surface area contributed by atoms with E-state index in [9.17, 15) is 8.78 Å².